The first kappa shape index (κ1) is 24.0. The van der Waals surface area contributed by atoms with Gasteiger partial charge in [-0.2, -0.15) is 5.26 Å². The Morgan fingerprint density at radius 2 is 2.00 bits per heavy atom. The number of aromatic nitrogens is 1. The van der Waals surface area contributed by atoms with Crippen LogP contribution in [0.4, 0.5) is 5.13 Å². The molecule has 0 saturated heterocycles. The number of nitriles is 1. The Balaban J connectivity index is 1.68. The minimum absolute atomic E-state index is 0.0213. The lowest BCUT2D eigenvalue weighted by molar-refractivity contribution is -0.112. The Bertz CT molecular complexity index is 1160. The molecule has 1 N–H and O–H groups in total. The first-order valence-corrected chi connectivity index (χ1v) is 11.6. The lowest BCUT2D eigenvalue weighted by Gasteiger charge is -2.11. The first-order valence-electron chi connectivity index (χ1n) is 10.8. The summed E-state index contributed by atoms with van der Waals surface area (Å²) in [5, 5.41) is 12.7. The number of thiazole rings is 1. The van der Waals surface area contributed by atoms with E-state index in [9.17, 15) is 10.1 Å². The fraction of sp³-hybridized carbons (Fsp3) is 0.269. The molecule has 1 heterocycles. The highest BCUT2D eigenvalue weighted by atomic mass is 32.1. The molecule has 0 fully saturated rings. The van der Waals surface area contributed by atoms with Gasteiger partial charge in [0, 0.05) is 17.5 Å². The molecule has 0 aliphatic rings. The van der Waals surface area contributed by atoms with Crippen molar-refractivity contribution in [3.05, 3.63) is 75.8 Å². The summed E-state index contributed by atoms with van der Waals surface area (Å²) >= 11 is 1.40. The predicted molar refractivity (Wildman–Crippen MR) is 132 cm³/mol. The molecule has 2 aromatic carbocycles. The number of aryl methyl sites for hydroxylation is 1. The maximum atomic E-state index is 12.7. The molecule has 6 nitrogen and oxygen atoms in total. The number of anilines is 1. The van der Waals surface area contributed by atoms with Crippen molar-refractivity contribution in [1.82, 2.24) is 4.98 Å². The van der Waals surface area contributed by atoms with E-state index < -0.39 is 5.91 Å². The molecular formula is C26H27N3O3S. The monoisotopic (exact) mass is 461 g/mol. The summed E-state index contributed by atoms with van der Waals surface area (Å²) < 4.78 is 11.1. The Morgan fingerprint density at radius 1 is 1.21 bits per heavy atom. The lowest BCUT2D eigenvalue weighted by atomic mass is 10.1. The average molecular weight is 462 g/mol. The van der Waals surface area contributed by atoms with Crippen molar-refractivity contribution in [2.45, 2.75) is 33.1 Å². The predicted octanol–water partition coefficient (Wildman–Crippen LogP) is 5.78. The van der Waals surface area contributed by atoms with Crippen molar-refractivity contribution in [1.29, 1.82) is 5.26 Å². The third kappa shape index (κ3) is 6.93. The van der Waals surface area contributed by atoms with E-state index in [-0.39, 0.29) is 5.57 Å². The summed E-state index contributed by atoms with van der Waals surface area (Å²) in [6, 6.07) is 15.6. The molecule has 0 aliphatic carbocycles. The van der Waals surface area contributed by atoms with Gasteiger partial charge in [0.1, 0.15) is 11.6 Å². The molecule has 7 heteroatoms. The lowest BCUT2D eigenvalue weighted by Crippen LogP contribution is -2.13. The van der Waals surface area contributed by atoms with Gasteiger partial charge < -0.3 is 9.47 Å². The third-order valence-corrected chi connectivity index (χ3v) is 5.80. The Kier molecular flexibility index (Phi) is 8.62. The van der Waals surface area contributed by atoms with Crippen LogP contribution < -0.4 is 14.8 Å². The zero-order valence-electron chi connectivity index (χ0n) is 19.1. The summed E-state index contributed by atoms with van der Waals surface area (Å²) in [5.41, 5.74) is 3.03. The molecule has 0 saturated carbocycles. The number of nitrogens with zero attached hydrogens (tertiary/aromatic N) is 2. The largest absolute Gasteiger partial charge is 0.493 e. The molecule has 0 atom stereocenters. The summed E-state index contributed by atoms with van der Waals surface area (Å²) in [4.78, 5) is 18.0. The SMILES string of the molecule is CCCCOc1ccc(/C=C(\C#N)C(=O)Nc2ncc(Cc3ccc(C)cc3)s2)cc1OC. The van der Waals surface area contributed by atoms with Crippen LogP contribution >= 0.6 is 11.3 Å². The number of nitrogens with one attached hydrogen (secondary N) is 1. The number of carbonyl (C=O) groups is 1. The molecule has 0 bridgehead atoms. The Hall–Kier alpha value is -3.63. The second kappa shape index (κ2) is 11.8. The maximum absolute atomic E-state index is 12.7. The van der Waals surface area contributed by atoms with Crippen LogP contribution in [0.1, 0.15) is 41.3 Å². The maximum Gasteiger partial charge on any atom is 0.268 e. The number of carbonyl (C=O) groups excluding carboxylic acids is 1. The summed E-state index contributed by atoms with van der Waals surface area (Å²) in [7, 11) is 1.56. The summed E-state index contributed by atoms with van der Waals surface area (Å²) in [6.07, 6.45) is 6.00. The van der Waals surface area contributed by atoms with Gasteiger partial charge >= 0.3 is 0 Å². The van der Waals surface area contributed by atoms with Gasteiger partial charge in [-0.05, 0) is 42.7 Å². The van der Waals surface area contributed by atoms with Crippen LogP contribution in [0.25, 0.3) is 6.08 Å². The van der Waals surface area contributed by atoms with Crippen LogP contribution in [0.15, 0.2) is 54.2 Å². The quantitative estimate of drug-likeness (QED) is 0.235. The fourth-order valence-corrected chi connectivity index (χ4v) is 3.90. The van der Waals surface area contributed by atoms with Crippen LogP contribution in [-0.2, 0) is 11.2 Å². The second-order valence-electron chi connectivity index (χ2n) is 7.53. The van der Waals surface area contributed by atoms with Crippen molar-refractivity contribution in [3.63, 3.8) is 0 Å². The van der Waals surface area contributed by atoms with E-state index in [1.807, 2.05) is 6.07 Å². The molecular weight excluding hydrogens is 434 g/mol. The highest BCUT2D eigenvalue weighted by Crippen LogP contribution is 2.29. The average Bonchev–Trinajstić information content (AvgIpc) is 3.26. The minimum Gasteiger partial charge on any atom is -0.493 e. The number of ether oxygens (including phenoxy) is 2. The van der Waals surface area contributed by atoms with Crippen LogP contribution in [0.5, 0.6) is 11.5 Å². The number of benzene rings is 2. The molecule has 33 heavy (non-hydrogen) atoms. The van der Waals surface area contributed by atoms with Gasteiger partial charge in [-0.3, -0.25) is 10.1 Å². The van der Waals surface area contributed by atoms with E-state index >= 15 is 0 Å². The molecule has 0 unspecified atom stereocenters. The van der Waals surface area contributed by atoms with E-state index in [1.165, 1.54) is 28.5 Å². The molecule has 170 valence electrons. The molecule has 0 radical (unpaired) electrons. The highest BCUT2D eigenvalue weighted by Gasteiger charge is 2.13. The fourth-order valence-electron chi connectivity index (χ4n) is 3.05. The standard InChI is InChI=1S/C26H27N3O3S/c1-4-5-12-32-23-11-10-20(15-24(23)31-3)13-21(16-27)25(30)29-26-28-17-22(33-26)14-19-8-6-18(2)7-9-19/h6-11,13,15,17H,4-5,12,14H2,1-3H3,(H,28,29,30)/b21-13+. The van der Waals surface area contributed by atoms with Crippen molar-refractivity contribution in [3.8, 4) is 17.6 Å². The van der Waals surface area contributed by atoms with E-state index in [0.717, 1.165) is 24.1 Å². The number of hydrogen-bond donors (Lipinski definition) is 1. The van der Waals surface area contributed by atoms with Gasteiger partial charge in [-0.15, -0.1) is 11.3 Å². The van der Waals surface area contributed by atoms with Crippen LogP contribution in [-0.4, -0.2) is 24.6 Å². The van der Waals surface area contributed by atoms with Gasteiger partial charge in [-0.1, -0.05) is 49.2 Å². The second-order valence-corrected chi connectivity index (χ2v) is 8.65. The molecule has 0 aliphatic heterocycles. The number of methoxy groups -OCH3 is 1. The van der Waals surface area contributed by atoms with Crippen molar-refractivity contribution < 1.29 is 14.3 Å². The number of unbranched alkanes of at least 4 members (excludes halogenated alkanes) is 1. The summed E-state index contributed by atoms with van der Waals surface area (Å²) in [5.74, 6) is 0.684. The molecule has 1 amide bonds. The van der Waals surface area contributed by atoms with Gasteiger partial charge in [0.05, 0.1) is 13.7 Å². The van der Waals surface area contributed by atoms with E-state index in [4.69, 9.17) is 9.47 Å². The van der Waals surface area contributed by atoms with Crippen molar-refractivity contribution in [2.75, 3.05) is 19.0 Å². The minimum atomic E-state index is -0.504. The number of hydrogen-bond acceptors (Lipinski definition) is 6. The van der Waals surface area contributed by atoms with E-state index in [2.05, 4.69) is 48.4 Å². The van der Waals surface area contributed by atoms with Gasteiger partial charge in [0.2, 0.25) is 0 Å². The topological polar surface area (TPSA) is 84.2 Å². The van der Waals surface area contributed by atoms with Gasteiger partial charge in [0.15, 0.2) is 16.6 Å². The summed E-state index contributed by atoms with van der Waals surface area (Å²) in [6.45, 7) is 4.75. The smallest absolute Gasteiger partial charge is 0.268 e. The van der Waals surface area contributed by atoms with Crippen LogP contribution in [0.3, 0.4) is 0 Å². The Labute approximate surface area is 198 Å². The van der Waals surface area contributed by atoms with Gasteiger partial charge in [-0.25, -0.2) is 4.98 Å². The molecule has 1 aromatic heterocycles. The number of rotatable bonds is 10. The van der Waals surface area contributed by atoms with E-state index in [0.29, 0.717) is 28.8 Å². The third-order valence-electron chi connectivity index (χ3n) is 4.89. The van der Waals surface area contributed by atoms with Crippen molar-refractivity contribution in [2.24, 2.45) is 0 Å². The zero-order chi connectivity index (χ0) is 23.6. The van der Waals surface area contributed by atoms with Gasteiger partial charge in [0.25, 0.3) is 5.91 Å². The Morgan fingerprint density at radius 3 is 2.70 bits per heavy atom. The number of amides is 1. The highest BCUT2D eigenvalue weighted by molar-refractivity contribution is 7.15. The molecule has 3 rings (SSSR count). The normalized spacial score (nSPS) is 11.0. The van der Waals surface area contributed by atoms with Crippen LogP contribution in [0, 0.1) is 18.3 Å². The molecule has 0 spiro atoms. The molecule has 3 aromatic rings. The van der Waals surface area contributed by atoms with Crippen molar-refractivity contribution >= 4 is 28.5 Å². The van der Waals surface area contributed by atoms with Crippen LogP contribution in [0.2, 0.25) is 0 Å². The zero-order valence-corrected chi connectivity index (χ0v) is 19.9. The first-order chi connectivity index (χ1) is 16.0. The van der Waals surface area contributed by atoms with E-state index in [1.54, 1.807) is 31.5 Å².